The summed E-state index contributed by atoms with van der Waals surface area (Å²) >= 11 is 0. The summed E-state index contributed by atoms with van der Waals surface area (Å²) in [6, 6.07) is 0. The number of hydrogen-bond acceptors (Lipinski definition) is 14. The third-order valence-corrected chi connectivity index (χ3v) is 8.76. The van der Waals surface area contributed by atoms with Crippen molar-refractivity contribution in [3.63, 3.8) is 0 Å². The van der Waals surface area contributed by atoms with E-state index in [2.05, 4.69) is 32.9 Å². The molecule has 2 aliphatic heterocycles. The van der Waals surface area contributed by atoms with Gasteiger partial charge in [0.1, 0.15) is 55.9 Å². The lowest BCUT2D eigenvalue weighted by Gasteiger charge is -2.43. The first-order valence-corrected chi connectivity index (χ1v) is 15.6. The summed E-state index contributed by atoms with van der Waals surface area (Å²) in [6.07, 6.45) is -3.37. The van der Waals surface area contributed by atoms with Crippen molar-refractivity contribution in [2.75, 3.05) is 26.9 Å². The first kappa shape index (κ1) is 38.2. The average Bonchev–Trinajstić information content (AvgIpc) is 3.28. The Morgan fingerprint density at radius 1 is 0.935 bits per heavy atom. The molecule has 3 rings (SSSR count). The molecule has 11 atom stereocenters. The highest BCUT2D eigenvalue weighted by Crippen LogP contribution is 2.37. The van der Waals surface area contributed by atoms with Gasteiger partial charge in [-0.3, -0.25) is 9.59 Å². The number of carbonyl (C=O) groups is 2. The van der Waals surface area contributed by atoms with Crippen molar-refractivity contribution in [1.29, 1.82) is 0 Å². The van der Waals surface area contributed by atoms with Crippen LogP contribution in [0.15, 0.2) is 34.9 Å². The number of allylic oxidation sites excluding steroid dienone is 6. The second-order valence-electron chi connectivity index (χ2n) is 12.5. The maximum Gasteiger partial charge on any atom is 0.310 e. The molecule has 0 bridgehead atoms. The van der Waals surface area contributed by atoms with Gasteiger partial charge in [-0.05, 0) is 59.3 Å². The Kier molecular flexibility index (Phi) is 14.3. The second kappa shape index (κ2) is 17.2. The molecule has 2 saturated heterocycles. The Labute approximate surface area is 268 Å². The molecule has 14 heteroatoms. The van der Waals surface area contributed by atoms with Crippen molar-refractivity contribution in [1.82, 2.24) is 0 Å². The van der Waals surface area contributed by atoms with Crippen molar-refractivity contribution < 1.29 is 69.0 Å². The summed E-state index contributed by atoms with van der Waals surface area (Å²) in [5, 5.41) is 71.3. The van der Waals surface area contributed by atoms with Gasteiger partial charge in [-0.1, -0.05) is 34.9 Å². The minimum Gasteiger partial charge on any atom is -0.469 e. The normalized spacial score (nSPS) is 36.6. The summed E-state index contributed by atoms with van der Waals surface area (Å²) in [7, 11) is 1.24. The lowest BCUT2D eigenvalue weighted by atomic mass is 9.78. The van der Waals surface area contributed by atoms with E-state index in [9.17, 15) is 45.3 Å². The zero-order valence-electron chi connectivity index (χ0n) is 26.9. The van der Waals surface area contributed by atoms with Gasteiger partial charge < -0.3 is 59.4 Å². The van der Waals surface area contributed by atoms with E-state index in [4.69, 9.17) is 23.7 Å². The van der Waals surface area contributed by atoms with Crippen molar-refractivity contribution >= 4 is 11.9 Å². The molecule has 46 heavy (non-hydrogen) atoms. The van der Waals surface area contributed by atoms with Gasteiger partial charge in [0.2, 0.25) is 5.79 Å². The highest BCUT2D eigenvalue weighted by atomic mass is 16.8. The van der Waals surface area contributed by atoms with Gasteiger partial charge in [0.05, 0.1) is 25.6 Å². The molecule has 3 aliphatic rings. The third kappa shape index (κ3) is 9.22. The van der Waals surface area contributed by atoms with Gasteiger partial charge in [-0.2, -0.15) is 0 Å². The molecule has 0 spiro atoms. The van der Waals surface area contributed by atoms with Crippen molar-refractivity contribution in [3.8, 4) is 0 Å². The first-order chi connectivity index (χ1) is 21.8. The Morgan fingerprint density at radius 2 is 1.65 bits per heavy atom. The van der Waals surface area contributed by atoms with Crippen LogP contribution in [0.4, 0.5) is 0 Å². The van der Waals surface area contributed by atoms with Crippen LogP contribution in [-0.4, -0.2) is 129 Å². The maximum atomic E-state index is 13.2. The summed E-state index contributed by atoms with van der Waals surface area (Å²) < 4.78 is 26.7. The molecule has 11 unspecified atom stereocenters. The number of aliphatic hydroxyl groups excluding tert-OH is 7. The molecular formula is C32H50O14. The molecule has 262 valence electrons. The Morgan fingerprint density at radius 3 is 2.26 bits per heavy atom. The minimum absolute atomic E-state index is 0.223. The van der Waals surface area contributed by atoms with Crippen LogP contribution < -0.4 is 0 Å². The molecular weight excluding hydrogens is 608 g/mol. The molecule has 0 aromatic carbocycles. The number of hydrogen-bond donors (Lipinski definition) is 7. The van der Waals surface area contributed by atoms with Crippen LogP contribution in [0, 0.1) is 11.8 Å². The SMILES string of the molecule is COC(=O)C1CC(CCC=C(C)CCC=C(C)C)=CCC1C(=O)OCC1OC(OC2(CO)OC(CO)C(O)C2O)C(O)C(O)C1O. The fourth-order valence-electron chi connectivity index (χ4n) is 5.91. The summed E-state index contributed by atoms with van der Waals surface area (Å²) in [4.78, 5) is 25.9. The second-order valence-corrected chi connectivity index (χ2v) is 12.5. The lowest BCUT2D eigenvalue weighted by Crippen LogP contribution is -2.63. The van der Waals surface area contributed by atoms with Gasteiger partial charge in [-0.25, -0.2) is 0 Å². The average molecular weight is 659 g/mol. The van der Waals surface area contributed by atoms with Crippen molar-refractivity contribution in [3.05, 3.63) is 34.9 Å². The summed E-state index contributed by atoms with van der Waals surface area (Å²) in [6.45, 7) is 3.85. The van der Waals surface area contributed by atoms with E-state index in [1.807, 2.05) is 6.08 Å². The molecule has 0 aromatic heterocycles. The molecule has 1 aliphatic carbocycles. The van der Waals surface area contributed by atoms with E-state index >= 15 is 0 Å². The largest absolute Gasteiger partial charge is 0.469 e. The smallest absolute Gasteiger partial charge is 0.310 e. The van der Waals surface area contributed by atoms with E-state index in [1.54, 1.807) is 0 Å². The number of rotatable bonds is 14. The predicted molar refractivity (Wildman–Crippen MR) is 160 cm³/mol. The number of carbonyl (C=O) groups excluding carboxylic acids is 2. The van der Waals surface area contributed by atoms with Crippen LogP contribution >= 0.6 is 0 Å². The minimum atomic E-state index is -2.35. The van der Waals surface area contributed by atoms with Gasteiger partial charge in [-0.15, -0.1) is 0 Å². The van der Waals surface area contributed by atoms with Gasteiger partial charge >= 0.3 is 11.9 Å². The van der Waals surface area contributed by atoms with Crippen LogP contribution in [0.1, 0.15) is 59.3 Å². The zero-order chi connectivity index (χ0) is 34.2. The molecule has 14 nitrogen and oxygen atoms in total. The van der Waals surface area contributed by atoms with Gasteiger partial charge in [0, 0.05) is 0 Å². The molecule has 0 aromatic rings. The molecule has 0 amide bonds. The Hall–Kier alpha value is -2.24. The van der Waals surface area contributed by atoms with E-state index in [0.717, 1.165) is 31.3 Å². The Bertz CT molecular complexity index is 1120. The number of aliphatic hydroxyl groups is 7. The maximum absolute atomic E-state index is 13.2. The molecule has 2 fully saturated rings. The monoisotopic (exact) mass is 658 g/mol. The van der Waals surface area contributed by atoms with E-state index < -0.39 is 98.4 Å². The van der Waals surface area contributed by atoms with Crippen LogP contribution in [0.25, 0.3) is 0 Å². The summed E-state index contributed by atoms with van der Waals surface area (Å²) in [5.74, 6) is -5.34. The number of ether oxygens (including phenoxy) is 5. The van der Waals surface area contributed by atoms with Crippen LogP contribution in [-0.2, 0) is 33.3 Å². The van der Waals surface area contributed by atoms with Crippen LogP contribution in [0.3, 0.4) is 0 Å². The highest BCUT2D eigenvalue weighted by molar-refractivity contribution is 5.83. The summed E-state index contributed by atoms with van der Waals surface area (Å²) in [5.41, 5.74) is 3.59. The molecule has 7 N–H and O–H groups in total. The molecule has 0 radical (unpaired) electrons. The van der Waals surface area contributed by atoms with Crippen LogP contribution in [0.5, 0.6) is 0 Å². The molecule has 2 heterocycles. The Balaban J connectivity index is 1.63. The van der Waals surface area contributed by atoms with Gasteiger partial charge in [0.15, 0.2) is 6.29 Å². The molecule has 0 saturated carbocycles. The number of esters is 2. The fraction of sp³-hybridized carbons (Fsp3) is 0.750. The fourth-order valence-corrected chi connectivity index (χ4v) is 5.91. The topological polar surface area (TPSA) is 222 Å². The van der Waals surface area contributed by atoms with E-state index in [-0.39, 0.29) is 6.42 Å². The first-order valence-electron chi connectivity index (χ1n) is 15.6. The predicted octanol–water partition coefficient (Wildman–Crippen LogP) is -0.246. The van der Waals surface area contributed by atoms with Gasteiger partial charge in [0.25, 0.3) is 0 Å². The van der Waals surface area contributed by atoms with Crippen molar-refractivity contribution in [2.24, 2.45) is 11.8 Å². The van der Waals surface area contributed by atoms with Crippen molar-refractivity contribution in [2.45, 2.75) is 114 Å². The van der Waals surface area contributed by atoms with E-state index in [0.29, 0.717) is 6.42 Å². The van der Waals surface area contributed by atoms with E-state index in [1.165, 1.54) is 18.3 Å². The highest BCUT2D eigenvalue weighted by Gasteiger charge is 2.58. The number of methoxy groups -OCH3 is 1. The standard InChI is InChI=1S/C32H50O14/c1-17(2)7-5-8-18(3)9-6-10-19-11-12-20(21(13-19)29(40)42-4)30(41)43-15-23-24(35)26(37)27(38)31(44-23)46-32(16-34)28(39)25(36)22(14-33)45-32/h7,9,11,20-28,31,33-39H,5-6,8,10,12-16H2,1-4H3. The lowest BCUT2D eigenvalue weighted by molar-refractivity contribution is -0.383. The zero-order valence-corrected chi connectivity index (χ0v) is 26.9. The third-order valence-electron chi connectivity index (χ3n) is 8.76. The van der Waals surface area contributed by atoms with Crippen LogP contribution in [0.2, 0.25) is 0 Å². The quantitative estimate of drug-likeness (QED) is 0.0946.